The lowest BCUT2D eigenvalue weighted by Gasteiger charge is -2.21. The molecule has 21 heavy (non-hydrogen) atoms. The Labute approximate surface area is 119 Å². The van der Waals surface area contributed by atoms with E-state index in [1.165, 1.54) is 6.20 Å². The number of hydrogen-bond donors (Lipinski definition) is 3. The molecular formula is C11H14N2O7P+. The normalized spacial score (nSPS) is 34.6. The van der Waals surface area contributed by atoms with Crippen molar-refractivity contribution in [2.24, 2.45) is 5.92 Å². The lowest BCUT2D eigenvalue weighted by atomic mass is 10.2. The standard InChI is InChI=1S/C11H13N2O7P/c14-7-1-2-13(10(16)12-7)9-8(15)6-5-11(6,20-9)19-3-4-21(17)18/h1-2,6,8-9,15H,3-5H2,(H-,12,14,16,17,18)/p+1/t6?,8-,9-,11?/m1/s1. The van der Waals surface area contributed by atoms with Gasteiger partial charge in [-0.3, -0.25) is 14.3 Å². The topological polar surface area (TPSA) is 131 Å². The van der Waals surface area contributed by atoms with E-state index in [1.54, 1.807) is 0 Å². The Balaban J connectivity index is 1.74. The number of aromatic amines is 1. The van der Waals surface area contributed by atoms with Crippen LogP contribution in [-0.4, -0.2) is 44.2 Å². The maximum atomic E-state index is 11.7. The molecule has 0 amide bonds. The summed E-state index contributed by atoms with van der Waals surface area (Å²) in [5.41, 5.74) is -1.21. The summed E-state index contributed by atoms with van der Waals surface area (Å²) in [6.07, 6.45) is -0.206. The van der Waals surface area contributed by atoms with Crippen LogP contribution in [0.15, 0.2) is 21.9 Å². The molecular weight excluding hydrogens is 303 g/mol. The fraction of sp³-hybridized carbons (Fsp3) is 0.636. The van der Waals surface area contributed by atoms with E-state index >= 15 is 0 Å². The summed E-state index contributed by atoms with van der Waals surface area (Å²) < 4.78 is 22.8. The number of fused-ring (bicyclic) bond motifs is 1. The predicted octanol–water partition coefficient (Wildman–Crippen LogP) is -1.11. The molecule has 3 unspecified atom stereocenters. The molecule has 1 aliphatic carbocycles. The van der Waals surface area contributed by atoms with Crippen LogP contribution >= 0.6 is 8.03 Å². The minimum atomic E-state index is -2.29. The first-order valence-electron chi connectivity index (χ1n) is 6.38. The van der Waals surface area contributed by atoms with Crippen molar-refractivity contribution >= 4 is 8.03 Å². The number of ether oxygens (including phenoxy) is 2. The summed E-state index contributed by atoms with van der Waals surface area (Å²) in [6, 6.07) is 1.16. The van der Waals surface area contributed by atoms with Crippen molar-refractivity contribution in [3.05, 3.63) is 33.1 Å². The molecule has 0 bridgehead atoms. The van der Waals surface area contributed by atoms with E-state index in [2.05, 4.69) is 4.98 Å². The Kier molecular flexibility index (Phi) is 3.54. The molecule has 2 fully saturated rings. The molecule has 1 aliphatic heterocycles. The third kappa shape index (κ3) is 2.58. The van der Waals surface area contributed by atoms with Gasteiger partial charge in [0.05, 0.1) is 6.61 Å². The summed E-state index contributed by atoms with van der Waals surface area (Å²) in [6.45, 7) is 0.0299. The van der Waals surface area contributed by atoms with E-state index in [9.17, 15) is 19.3 Å². The molecule has 10 heteroatoms. The Morgan fingerprint density at radius 2 is 2.33 bits per heavy atom. The fourth-order valence-corrected chi connectivity index (χ4v) is 2.83. The second-order valence-electron chi connectivity index (χ2n) is 5.06. The van der Waals surface area contributed by atoms with Crippen LogP contribution in [0.3, 0.4) is 0 Å². The van der Waals surface area contributed by atoms with Crippen LogP contribution in [0, 0.1) is 5.92 Å². The molecule has 114 valence electrons. The van der Waals surface area contributed by atoms with Crippen molar-refractivity contribution in [3.8, 4) is 0 Å². The molecule has 2 heterocycles. The van der Waals surface area contributed by atoms with E-state index in [-0.39, 0.29) is 18.7 Å². The second-order valence-corrected chi connectivity index (χ2v) is 6.21. The first-order valence-corrected chi connectivity index (χ1v) is 7.77. The van der Waals surface area contributed by atoms with Crippen molar-refractivity contribution in [2.75, 3.05) is 12.8 Å². The van der Waals surface area contributed by atoms with Crippen LogP contribution in [0.1, 0.15) is 12.6 Å². The molecule has 1 aromatic rings. The number of aromatic nitrogens is 2. The third-order valence-electron chi connectivity index (χ3n) is 3.69. The number of H-pyrrole nitrogens is 1. The van der Waals surface area contributed by atoms with Crippen molar-refractivity contribution in [1.29, 1.82) is 0 Å². The molecule has 1 saturated carbocycles. The van der Waals surface area contributed by atoms with Gasteiger partial charge >= 0.3 is 13.7 Å². The van der Waals surface area contributed by atoms with Crippen LogP contribution in [0.5, 0.6) is 0 Å². The summed E-state index contributed by atoms with van der Waals surface area (Å²) in [5.74, 6) is -1.30. The van der Waals surface area contributed by atoms with Gasteiger partial charge in [-0.25, -0.2) is 4.79 Å². The Hall–Kier alpha value is -1.38. The summed E-state index contributed by atoms with van der Waals surface area (Å²) in [5, 5.41) is 10.2. The van der Waals surface area contributed by atoms with E-state index in [4.69, 9.17) is 14.4 Å². The Morgan fingerprint density at radius 1 is 1.57 bits per heavy atom. The Morgan fingerprint density at radius 3 is 3.00 bits per heavy atom. The van der Waals surface area contributed by atoms with Crippen molar-refractivity contribution in [3.63, 3.8) is 0 Å². The molecule has 1 saturated heterocycles. The van der Waals surface area contributed by atoms with Gasteiger partial charge in [0.2, 0.25) is 6.16 Å². The zero-order valence-corrected chi connectivity index (χ0v) is 11.7. The van der Waals surface area contributed by atoms with Crippen molar-refractivity contribution in [2.45, 2.75) is 24.5 Å². The van der Waals surface area contributed by atoms with Crippen LogP contribution in [-0.2, 0) is 14.0 Å². The molecule has 0 aromatic carbocycles. The number of aliphatic hydroxyl groups is 1. The van der Waals surface area contributed by atoms with E-state index in [1.807, 2.05) is 0 Å². The number of aliphatic hydroxyl groups excluding tert-OH is 1. The van der Waals surface area contributed by atoms with Crippen molar-refractivity contribution in [1.82, 2.24) is 9.55 Å². The van der Waals surface area contributed by atoms with Gasteiger partial charge in [-0.15, -0.1) is 0 Å². The van der Waals surface area contributed by atoms with Gasteiger partial charge in [-0.05, 0) is 4.57 Å². The fourth-order valence-electron chi connectivity index (χ4n) is 2.58. The maximum absolute atomic E-state index is 11.7. The maximum Gasteiger partial charge on any atom is 0.507 e. The van der Waals surface area contributed by atoms with Crippen LogP contribution in [0.2, 0.25) is 0 Å². The third-order valence-corrected chi connectivity index (χ3v) is 4.25. The molecule has 0 radical (unpaired) electrons. The zero-order valence-electron chi connectivity index (χ0n) is 10.8. The first-order chi connectivity index (χ1) is 9.93. The van der Waals surface area contributed by atoms with Gasteiger partial charge in [0.25, 0.3) is 5.56 Å². The molecule has 0 spiro atoms. The van der Waals surface area contributed by atoms with Gasteiger partial charge < -0.3 is 14.6 Å². The Bertz CT molecular complexity index is 686. The number of hydrogen-bond acceptors (Lipinski definition) is 6. The van der Waals surface area contributed by atoms with Crippen LogP contribution < -0.4 is 11.2 Å². The number of nitrogens with zero attached hydrogens (tertiary/aromatic N) is 1. The predicted molar refractivity (Wildman–Crippen MR) is 68.9 cm³/mol. The molecule has 5 atom stereocenters. The average Bonchev–Trinajstić information content (AvgIpc) is 3.03. The monoisotopic (exact) mass is 317 g/mol. The summed E-state index contributed by atoms with van der Waals surface area (Å²) in [7, 11) is -2.29. The van der Waals surface area contributed by atoms with Gasteiger partial charge in [-0.2, -0.15) is 4.89 Å². The highest BCUT2D eigenvalue weighted by atomic mass is 31.1. The van der Waals surface area contributed by atoms with Crippen LogP contribution in [0.25, 0.3) is 0 Å². The highest BCUT2D eigenvalue weighted by molar-refractivity contribution is 7.38. The highest BCUT2D eigenvalue weighted by Crippen LogP contribution is 2.59. The number of rotatable bonds is 5. The van der Waals surface area contributed by atoms with Gasteiger partial charge in [0, 0.05) is 24.6 Å². The minimum Gasteiger partial charge on any atom is -0.388 e. The lowest BCUT2D eigenvalue weighted by molar-refractivity contribution is -0.195. The summed E-state index contributed by atoms with van der Waals surface area (Å²) >= 11 is 0. The minimum absolute atomic E-state index is 0.0213. The highest BCUT2D eigenvalue weighted by Gasteiger charge is 2.69. The quantitative estimate of drug-likeness (QED) is 0.587. The number of nitrogens with one attached hydrogen (secondary N) is 1. The van der Waals surface area contributed by atoms with Gasteiger partial charge in [-0.1, -0.05) is 0 Å². The molecule has 2 aliphatic rings. The molecule has 9 nitrogen and oxygen atoms in total. The van der Waals surface area contributed by atoms with E-state index in [0.29, 0.717) is 6.42 Å². The SMILES string of the molecule is O=c1ccn([C@@H]2OC3(OCC[P+](=O)O)CC3[C@H]2O)c(=O)[nH]1. The average molecular weight is 317 g/mol. The molecule has 1 aromatic heterocycles. The largest absolute Gasteiger partial charge is 0.507 e. The smallest absolute Gasteiger partial charge is 0.388 e. The molecule has 3 N–H and O–H groups in total. The second kappa shape index (κ2) is 5.11. The molecule has 3 rings (SSSR count). The first kappa shape index (κ1) is 14.6. The van der Waals surface area contributed by atoms with Gasteiger partial charge in [0.15, 0.2) is 12.0 Å². The van der Waals surface area contributed by atoms with E-state index in [0.717, 1.165) is 10.6 Å². The zero-order chi connectivity index (χ0) is 15.2. The lowest BCUT2D eigenvalue weighted by Crippen LogP contribution is -2.36. The van der Waals surface area contributed by atoms with Gasteiger partial charge in [0.1, 0.15) is 6.10 Å². The van der Waals surface area contributed by atoms with Crippen molar-refractivity contribution < 1.29 is 24.0 Å². The van der Waals surface area contributed by atoms with E-state index < -0.39 is 37.4 Å². The summed E-state index contributed by atoms with van der Waals surface area (Å²) in [4.78, 5) is 33.6. The van der Waals surface area contributed by atoms with Crippen LogP contribution in [0.4, 0.5) is 0 Å².